The summed E-state index contributed by atoms with van der Waals surface area (Å²) in [6.07, 6.45) is 5.39. The molecular weight excluding hydrogens is 344 g/mol. The van der Waals surface area contributed by atoms with Crippen molar-refractivity contribution in [1.82, 2.24) is 19.8 Å². The first-order valence-corrected chi connectivity index (χ1v) is 9.36. The molecule has 4 rings (SSSR count). The fourth-order valence-corrected chi connectivity index (χ4v) is 3.71. The second-order valence-corrected chi connectivity index (χ2v) is 7.28. The average molecular weight is 368 g/mol. The number of imidazole rings is 1. The third-order valence-corrected chi connectivity index (χ3v) is 5.26. The van der Waals surface area contributed by atoms with Gasteiger partial charge in [0.1, 0.15) is 0 Å². The molecule has 2 amide bonds. The van der Waals surface area contributed by atoms with Crippen LogP contribution in [0.5, 0.6) is 0 Å². The predicted molar refractivity (Wildman–Crippen MR) is 99.4 cm³/mol. The van der Waals surface area contributed by atoms with Gasteiger partial charge in [-0.05, 0) is 24.1 Å². The number of fused-ring (bicyclic) bond motifs is 1. The lowest BCUT2D eigenvalue weighted by Gasteiger charge is -2.15. The highest BCUT2D eigenvalue weighted by Crippen LogP contribution is 2.26. The number of nitrogens with zero attached hydrogens (tertiary/aromatic N) is 3. The van der Waals surface area contributed by atoms with Crippen LogP contribution in [0.25, 0.3) is 0 Å². The van der Waals surface area contributed by atoms with E-state index in [9.17, 15) is 9.59 Å². The van der Waals surface area contributed by atoms with Crippen molar-refractivity contribution in [3.8, 4) is 0 Å². The smallest absolute Gasteiger partial charge is 0.254 e. The summed E-state index contributed by atoms with van der Waals surface area (Å²) in [5.74, 6) is 0.250. The maximum atomic E-state index is 12.7. The minimum atomic E-state index is -0.113. The summed E-state index contributed by atoms with van der Waals surface area (Å²) in [5.41, 5.74) is 3.01. The monoisotopic (exact) mass is 368 g/mol. The molecule has 0 aliphatic carbocycles. The van der Waals surface area contributed by atoms with Crippen LogP contribution in [0.2, 0.25) is 0 Å². The number of amides is 2. The van der Waals surface area contributed by atoms with Gasteiger partial charge in [-0.2, -0.15) is 0 Å². The van der Waals surface area contributed by atoms with E-state index < -0.39 is 0 Å². The largest absolute Gasteiger partial charge is 0.381 e. The summed E-state index contributed by atoms with van der Waals surface area (Å²) in [6.45, 7) is 3.13. The summed E-state index contributed by atoms with van der Waals surface area (Å²) in [7, 11) is 1.93. The van der Waals surface area contributed by atoms with Gasteiger partial charge in [-0.25, -0.2) is 4.98 Å². The highest BCUT2D eigenvalue weighted by atomic mass is 16.5. The minimum Gasteiger partial charge on any atom is -0.381 e. The summed E-state index contributed by atoms with van der Waals surface area (Å²) in [6, 6.07) is 5.39. The standard InChI is InChI=1S/C20H24N4O3/c1-23-10-15(22-13-23)5-7-24-11-18-16(3-2-4-17(18)20(24)26)19(25)21-9-14-6-8-27-12-14/h2-4,10,13-14H,5-9,11-12H2,1H3,(H,21,25). The van der Waals surface area contributed by atoms with Crippen molar-refractivity contribution in [2.45, 2.75) is 19.4 Å². The third-order valence-electron chi connectivity index (χ3n) is 5.26. The number of benzene rings is 1. The van der Waals surface area contributed by atoms with Crippen LogP contribution in [0.4, 0.5) is 0 Å². The van der Waals surface area contributed by atoms with Gasteiger partial charge >= 0.3 is 0 Å². The molecule has 1 unspecified atom stereocenters. The summed E-state index contributed by atoms with van der Waals surface area (Å²) in [4.78, 5) is 31.5. The van der Waals surface area contributed by atoms with E-state index in [1.807, 2.05) is 17.8 Å². The number of nitrogens with one attached hydrogen (secondary N) is 1. The van der Waals surface area contributed by atoms with E-state index in [1.54, 1.807) is 29.4 Å². The topological polar surface area (TPSA) is 76.5 Å². The molecule has 1 aromatic carbocycles. The minimum absolute atomic E-state index is 0.0141. The zero-order valence-electron chi connectivity index (χ0n) is 15.5. The van der Waals surface area contributed by atoms with Crippen LogP contribution in [0.3, 0.4) is 0 Å². The number of rotatable bonds is 6. The van der Waals surface area contributed by atoms with Crippen molar-refractivity contribution in [3.63, 3.8) is 0 Å². The van der Waals surface area contributed by atoms with Crippen LogP contribution in [-0.2, 0) is 24.8 Å². The van der Waals surface area contributed by atoms with Gasteiger partial charge in [0.2, 0.25) is 0 Å². The number of hydrogen-bond donors (Lipinski definition) is 1. The number of carbonyl (C=O) groups excluding carboxylic acids is 2. The molecule has 0 spiro atoms. The SMILES string of the molecule is Cn1cnc(CCN2Cc3c(C(=O)NCC4CCOC4)cccc3C2=O)c1. The molecule has 1 aromatic heterocycles. The zero-order chi connectivity index (χ0) is 18.8. The van der Waals surface area contributed by atoms with Crippen molar-refractivity contribution >= 4 is 11.8 Å². The number of carbonyl (C=O) groups is 2. The molecule has 1 atom stereocenters. The molecule has 142 valence electrons. The van der Waals surface area contributed by atoms with E-state index >= 15 is 0 Å². The molecule has 2 aliphatic heterocycles. The normalized spacial score (nSPS) is 18.8. The van der Waals surface area contributed by atoms with Crippen molar-refractivity contribution in [1.29, 1.82) is 0 Å². The van der Waals surface area contributed by atoms with Crippen LogP contribution in [0.15, 0.2) is 30.7 Å². The number of ether oxygens (including phenoxy) is 1. The Morgan fingerprint density at radius 3 is 3.04 bits per heavy atom. The van der Waals surface area contributed by atoms with E-state index in [2.05, 4.69) is 10.3 Å². The van der Waals surface area contributed by atoms with Crippen LogP contribution >= 0.6 is 0 Å². The molecule has 27 heavy (non-hydrogen) atoms. The molecule has 2 aliphatic rings. The molecule has 1 fully saturated rings. The first-order valence-electron chi connectivity index (χ1n) is 9.36. The number of aromatic nitrogens is 2. The molecule has 7 heteroatoms. The molecule has 3 heterocycles. The Balaban J connectivity index is 1.42. The molecule has 1 saturated heterocycles. The molecular formula is C20H24N4O3. The summed E-state index contributed by atoms with van der Waals surface area (Å²) < 4.78 is 7.25. The Morgan fingerprint density at radius 2 is 2.30 bits per heavy atom. The lowest BCUT2D eigenvalue weighted by molar-refractivity contribution is 0.0778. The first kappa shape index (κ1) is 17.7. The van der Waals surface area contributed by atoms with Gasteiger partial charge in [-0.15, -0.1) is 0 Å². The summed E-state index contributed by atoms with van der Waals surface area (Å²) in [5, 5.41) is 3.00. The zero-order valence-corrected chi connectivity index (χ0v) is 15.5. The van der Waals surface area contributed by atoms with E-state index in [4.69, 9.17) is 4.74 Å². The quantitative estimate of drug-likeness (QED) is 0.836. The Morgan fingerprint density at radius 1 is 1.41 bits per heavy atom. The van der Waals surface area contributed by atoms with Gasteiger partial charge in [0, 0.05) is 63.0 Å². The molecule has 0 saturated carbocycles. The van der Waals surface area contributed by atoms with Crippen molar-refractivity contribution in [2.75, 3.05) is 26.3 Å². The molecule has 2 aromatic rings. The van der Waals surface area contributed by atoms with E-state index in [0.717, 1.165) is 24.3 Å². The number of aryl methyl sites for hydroxylation is 1. The molecule has 0 bridgehead atoms. The maximum absolute atomic E-state index is 12.7. The van der Waals surface area contributed by atoms with Crippen LogP contribution in [0, 0.1) is 5.92 Å². The Labute approximate surface area is 158 Å². The predicted octanol–water partition coefficient (Wildman–Crippen LogP) is 1.38. The Bertz CT molecular complexity index is 855. The Kier molecular flexibility index (Phi) is 4.94. The fourth-order valence-electron chi connectivity index (χ4n) is 3.71. The van der Waals surface area contributed by atoms with E-state index in [1.165, 1.54) is 0 Å². The highest BCUT2D eigenvalue weighted by Gasteiger charge is 2.30. The Hall–Kier alpha value is -2.67. The van der Waals surface area contributed by atoms with Gasteiger partial charge in [0.15, 0.2) is 0 Å². The van der Waals surface area contributed by atoms with Gasteiger partial charge in [-0.3, -0.25) is 9.59 Å². The molecule has 7 nitrogen and oxygen atoms in total. The van der Waals surface area contributed by atoms with Crippen molar-refractivity contribution in [3.05, 3.63) is 53.1 Å². The van der Waals surface area contributed by atoms with Crippen LogP contribution in [-0.4, -0.2) is 52.6 Å². The maximum Gasteiger partial charge on any atom is 0.254 e. The van der Waals surface area contributed by atoms with E-state index in [-0.39, 0.29) is 11.8 Å². The number of hydrogen-bond acceptors (Lipinski definition) is 4. The fraction of sp³-hybridized carbons (Fsp3) is 0.450. The van der Waals surface area contributed by atoms with Crippen LogP contribution in [0.1, 0.15) is 38.4 Å². The lowest BCUT2D eigenvalue weighted by Crippen LogP contribution is -2.30. The van der Waals surface area contributed by atoms with E-state index in [0.29, 0.717) is 49.7 Å². The van der Waals surface area contributed by atoms with Crippen molar-refractivity contribution < 1.29 is 14.3 Å². The first-order chi connectivity index (χ1) is 13.1. The second-order valence-electron chi connectivity index (χ2n) is 7.28. The third kappa shape index (κ3) is 3.73. The van der Waals surface area contributed by atoms with Gasteiger partial charge in [0.05, 0.1) is 18.6 Å². The lowest BCUT2D eigenvalue weighted by atomic mass is 10.0. The van der Waals surface area contributed by atoms with Gasteiger partial charge < -0.3 is 19.5 Å². The highest BCUT2D eigenvalue weighted by molar-refractivity contribution is 6.04. The molecule has 0 radical (unpaired) electrons. The van der Waals surface area contributed by atoms with Crippen molar-refractivity contribution in [2.24, 2.45) is 13.0 Å². The second kappa shape index (κ2) is 7.52. The summed E-state index contributed by atoms with van der Waals surface area (Å²) >= 11 is 0. The van der Waals surface area contributed by atoms with Gasteiger partial charge in [-0.1, -0.05) is 6.07 Å². The van der Waals surface area contributed by atoms with Crippen LogP contribution < -0.4 is 5.32 Å². The average Bonchev–Trinajstić information content (AvgIpc) is 3.39. The van der Waals surface area contributed by atoms with Gasteiger partial charge in [0.25, 0.3) is 11.8 Å². The molecule has 1 N–H and O–H groups in total.